The maximum atomic E-state index is 6.05. The third-order valence-corrected chi connectivity index (χ3v) is 5.07. The Bertz CT molecular complexity index is 375. The second-order valence-electron chi connectivity index (χ2n) is 4.96. The lowest BCUT2D eigenvalue weighted by molar-refractivity contribution is 0.0843. The van der Waals surface area contributed by atoms with Crippen LogP contribution in [0.25, 0.3) is 0 Å². The summed E-state index contributed by atoms with van der Waals surface area (Å²) in [4.78, 5) is 3.67. The van der Waals surface area contributed by atoms with Gasteiger partial charge in [0.2, 0.25) is 0 Å². The fourth-order valence-corrected chi connectivity index (χ4v) is 3.71. The second kappa shape index (κ2) is 6.35. The summed E-state index contributed by atoms with van der Waals surface area (Å²) in [5, 5.41) is 0. The van der Waals surface area contributed by atoms with Crippen molar-refractivity contribution in [1.82, 2.24) is 4.90 Å². The van der Waals surface area contributed by atoms with Gasteiger partial charge in [-0.05, 0) is 38.4 Å². The number of likely N-dealkylation sites (N-methyl/N-ethyl adjacent to an activating group) is 1. The number of hydrogen-bond acceptors (Lipinski definition) is 4. The molecule has 0 spiro atoms. The Morgan fingerprint density at radius 1 is 1.44 bits per heavy atom. The van der Waals surface area contributed by atoms with Crippen LogP contribution in [0.1, 0.15) is 24.1 Å². The van der Waals surface area contributed by atoms with E-state index in [0.29, 0.717) is 6.54 Å². The van der Waals surface area contributed by atoms with Crippen molar-refractivity contribution in [2.45, 2.75) is 31.3 Å². The van der Waals surface area contributed by atoms with Gasteiger partial charge in [-0.2, -0.15) is 0 Å². The van der Waals surface area contributed by atoms with Crippen LogP contribution in [0, 0.1) is 0 Å². The van der Waals surface area contributed by atoms with E-state index in [-0.39, 0.29) is 5.54 Å². The molecule has 18 heavy (non-hydrogen) atoms. The van der Waals surface area contributed by atoms with E-state index in [0.717, 1.165) is 43.4 Å². The number of halogens is 1. The number of nitrogens with zero attached hydrogens (tertiary/aromatic N) is 1. The molecule has 102 valence electrons. The molecule has 0 saturated carbocycles. The van der Waals surface area contributed by atoms with Gasteiger partial charge < -0.3 is 10.5 Å². The van der Waals surface area contributed by atoms with Crippen LogP contribution in [0.15, 0.2) is 12.1 Å². The first-order valence-corrected chi connectivity index (χ1v) is 7.59. The molecular formula is C13H21ClN2OS. The molecule has 1 atom stereocenters. The van der Waals surface area contributed by atoms with Gasteiger partial charge in [-0.25, -0.2) is 0 Å². The summed E-state index contributed by atoms with van der Waals surface area (Å²) >= 11 is 7.63. The van der Waals surface area contributed by atoms with Crippen molar-refractivity contribution >= 4 is 22.9 Å². The van der Waals surface area contributed by atoms with Crippen molar-refractivity contribution in [2.75, 3.05) is 26.8 Å². The van der Waals surface area contributed by atoms with Crippen LogP contribution in [0.5, 0.6) is 0 Å². The van der Waals surface area contributed by atoms with Gasteiger partial charge in [0.25, 0.3) is 0 Å². The van der Waals surface area contributed by atoms with E-state index in [1.807, 2.05) is 6.07 Å². The monoisotopic (exact) mass is 288 g/mol. The predicted octanol–water partition coefficient (Wildman–Crippen LogP) is 2.73. The van der Waals surface area contributed by atoms with Gasteiger partial charge in [0, 0.05) is 36.7 Å². The SMILES string of the molecule is CN(Cc1ccc(Cl)s1)C1(CN)CCCOCC1. The van der Waals surface area contributed by atoms with Crippen LogP contribution in [0.4, 0.5) is 0 Å². The van der Waals surface area contributed by atoms with E-state index >= 15 is 0 Å². The van der Waals surface area contributed by atoms with Gasteiger partial charge >= 0.3 is 0 Å². The molecule has 1 fully saturated rings. The van der Waals surface area contributed by atoms with Crippen LogP contribution < -0.4 is 5.73 Å². The first-order valence-electron chi connectivity index (χ1n) is 6.39. The Balaban J connectivity index is 2.06. The molecule has 1 aromatic rings. The first kappa shape index (κ1) is 14.3. The van der Waals surface area contributed by atoms with E-state index in [4.69, 9.17) is 22.1 Å². The minimum atomic E-state index is 0.0764. The molecule has 2 N–H and O–H groups in total. The van der Waals surface area contributed by atoms with Crippen molar-refractivity contribution in [2.24, 2.45) is 5.73 Å². The predicted molar refractivity (Wildman–Crippen MR) is 77.3 cm³/mol. The highest BCUT2D eigenvalue weighted by atomic mass is 35.5. The maximum Gasteiger partial charge on any atom is 0.0931 e. The summed E-state index contributed by atoms with van der Waals surface area (Å²) in [5.74, 6) is 0. The third-order valence-electron chi connectivity index (χ3n) is 3.85. The summed E-state index contributed by atoms with van der Waals surface area (Å²) in [6, 6.07) is 4.06. The second-order valence-corrected chi connectivity index (χ2v) is 6.76. The highest BCUT2D eigenvalue weighted by Gasteiger charge is 2.34. The van der Waals surface area contributed by atoms with Gasteiger partial charge in [0.15, 0.2) is 0 Å². The molecule has 0 bridgehead atoms. The van der Waals surface area contributed by atoms with E-state index in [1.54, 1.807) is 11.3 Å². The summed E-state index contributed by atoms with van der Waals surface area (Å²) in [5.41, 5.74) is 6.12. The van der Waals surface area contributed by atoms with E-state index in [9.17, 15) is 0 Å². The smallest absolute Gasteiger partial charge is 0.0931 e. The summed E-state index contributed by atoms with van der Waals surface area (Å²) < 4.78 is 6.41. The van der Waals surface area contributed by atoms with Gasteiger partial charge in [0.1, 0.15) is 0 Å². The Hall–Kier alpha value is -0.130. The van der Waals surface area contributed by atoms with Crippen molar-refractivity contribution in [3.8, 4) is 0 Å². The molecular weight excluding hydrogens is 268 g/mol. The lowest BCUT2D eigenvalue weighted by atomic mass is 9.89. The molecule has 2 rings (SSSR count). The molecule has 1 saturated heterocycles. The van der Waals surface area contributed by atoms with E-state index in [1.165, 1.54) is 4.88 Å². The first-order chi connectivity index (χ1) is 8.66. The highest BCUT2D eigenvalue weighted by Crippen LogP contribution is 2.30. The Morgan fingerprint density at radius 3 is 2.94 bits per heavy atom. The van der Waals surface area contributed by atoms with Crippen LogP contribution in [-0.2, 0) is 11.3 Å². The molecule has 1 aliphatic rings. The minimum absolute atomic E-state index is 0.0764. The van der Waals surface area contributed by atoms with E-state index in [2.05, 4.69) is 18.0 Å². The molecule has 0 radical (unpaired) electrons. The van der Waals surface area contributed by atoms with Crippen molar-refractivity contribution in [3.63, 3.8) is 0 Å². The van der Waals surface area contributed by atoms with Crippen molar-refractivity contribution in [3.05, 3.63) is 21.3 Å². The number of thiophene rings is 1. The number of nitrogens with two attached hydrogens (primary N) is 1. The fourth-order valence-electron chi connectivity index (χ4n) is 2.57. The number of rotatable bonds is 4. The number of hydrogen-bond donors (Lipinski definition) is 1. The van der Waals surface area contributed by atoms with Crippen LogP contribution in [0.2, 0.25) is 4.34 Å². The van der Waals surface area contributed by atoms with Gasteiger partial charge in [-0.1, -0.05) is 11.6 Å². The minimum Gasteiger partial charge on any atom is -0.381 e. The third kappa shape index (κ3) is 3.25. The molecule has 5 heteroatoms. The lowest BCUT2D eigenvalue weighted by Crippen LogP contribution is -2.51. The topological polar surface area (TPSA) is 38.5 Å². The quantitative estimate of drug-likeness (QED) is 0.926. The zero-order valence-electron chi connectivity index (χ0n) is 10.8. The average molecular weight is 289 g/mol. The van der Waals surface area contributed by atoms with Gasteiger partial charge in [-0.3, -0.25) is 4.90 Å². The molecule has 1 unspecified atom stereocenters. The van der Waals surface area contributed by atoms with Gasteiger partial charge in [0.05, 0.1) is 4.34 Å². The maximum absolute atomic E-state index is 6.05. The van der Waals surface area contributed by atoms with Crippen LogP contribution in [-0.4, -0.2) is 37.2 Å². The summed E-state index contributed by atoms with van der Waals surface area (Å²) in [7, 11) is 2.16. The molecule has 0 aromatic carbocycles. The largest absolute Gasteiger partial charge is 0.381 e. The van der Waals surface area contributed by atoms with Crippen LogP contribution >= 0.6 is 22.9 Å². The average Bonchev–Trinajstić information content (AvgIpc) is 2.65. The fraction of sp³-hybridized carbons (Fsp3) is 0.692. The lowest BCUT2D eigenvalue weighted by Gasteiger charge is -2.40. The molecule has 0 aliphatic carbocycles. The molecule has 0 amide bonds. The molecule has 3 nitrogen and oxygen atoms in total. The molecule has 1 aliphatic heterocycles. The number of ether oxygens (including phenoxy) is 1. The summed E-state index contributed by atoms with van der Waals surface area (Å²) in [6.45, 7) is 3.27. The van der Waals surface area contributed by atoms with Crippen molar-refractivity contribution in [1.29, 1.82) is 0 Å². The molecule has 2 heterocycles. The Labute approximate surface area is 118 Å². The van der Waals surface area contributed by atoms with Crippen molar-refractivity contribution < 1.29 is 4.74 Å². The van der Waals surface area contributed by atoms with E-state index < -0.39 is 0 Å². The summed E-state index contributed by atoms with van der Waals surface area (Å²) in [6.07, 6.45) is 3.21. The standard InChI is InChI=1S/C13H21ClN2OS/c1-16(9-11-3-4-12(14)18-11)13(10-15)5-2-7-17-8-6-13/h3-4H,2,5-10,15H2,1H3. The Morgan fingerprint density at radius 2 is 2.28 bits per heavy atom. The normalized spacial score (nSPS) is 25.3. The zero-order chi connectivity index (χ0) is 13.0. The molecule has 1 aromatic heterocycles. The zero-order valence-corrected chi connectivity index (χ0v) is 12.4. The Kier molecular flexibility index (Phi) is 5.04. The van der Waals surface area contributed by atoms with Gasteiger partial charge in [-0.15, -0.1) is 11.3 Å². The highest BCUT2D eigenvalue weighted by molar-refractivity contribution is 7.16. The van der Waals surface area contributed by atoms with Crippen LogP contribution in [0.3, 0.4) is 0 Å².